The van der Waals surface area contributed by atoms with Gasteiger partial charge >= 0.3 is 0 Å². The number of benzene rings is 1. The molecule has 19 heavy (non-hydrogen) atoms. The number of nitrogens with one attached hydrogen (secondary N) is 1. The third-order valence-corrected chi connectivity index (χ3v) is 4.07. The molecule has 1 aromatic carbocycles. The van der Waals surface area contributed by atoms with Crippen LogP contribution in [0.2, 0.25) is 0 Å². The molecular formula is C17H28N2. The predicted octanol–water partition coefficient (Wildman–Crippen LogP) is 3.83. The van der Waals surface area contributed by atoms with Crippen molar-refractivity contribution in [1.82, 2.24) is 5.32 Å². The van der Waals surface area contributed by atoms with Crippen molar-refractivity contribution in [1.29, 1.82) is 0 Å². The lowest BCUT2D eigenvalue weighted by atomic mass is 10.2. The van der Waals surface area contributed by atoms with E-state index in [0.29, 0.717) is 0 Å². The summed E-state index contributed by atoms with van der Waals surface area (Å²) in [6.07, 6.45) is 8.12. The van der Waals surface area contributed by atoms with Crippen LogP contribution in [0.1, 0.15) is 45.4 Å². The van der Waals surface area contributed by atoms with Gasteiger partial charge in [0.05, 0.1) is 0 Å². The molecule has 0 bridgehead atoms. The minimum absolute atomic E-state index is 0.781. The zero-order valence-electron chi connectivity index (χ0n) is 12.3. The van der Waals surface area contributed by atoms with Crippen molar-refractivity contribution in [3.8, 4) is 0 Å². The van der Waals surface area contributed by atoms with Gasteiger partial charge < -0.3 is 10.2 Å². The van der Waals surface area contributed by atoms with E-state index in [1.165, 1.54) is 50.8 Å². The van der Waals surface area contributed by atoms with Crippen molar-refractivity contribution in [2.75, 3.05) is 24.5 Å². The molecule has 0 spiro atoms. The molecule has 0 saturated heterocycles. The molecule has 0 aliphatic heterocycles. The van der Waals surface area contributed by atoms with Crippen molar-refractivity contribution in [3.63, 3.8) is 0 Å². The maximum Gasteiger partial charge on any atom is 0.0366 e. The molecule has 2 nitrogen and oxygen atoms in total. The largest absolute Gasteiger partial charge is 0.370 e. The summed E-state index contributed by atoms with van der Waals surface area (Å²) in [4.78, 5) is 2.52. The van der Waals surface area contributed by atoms with E-state index in [2.05, 4.69) is 47.5 Å². The lowest BCUT2D eigenvalue weighted by molar-refractivity contribution is 0.522. The first-order chi connectivity index (χ1) is 9.40. The summed E-state index contributed by atoms with van der Waals surface area (Å²) >= 11 is 0. The van der Waals surface area contributed by atoms with Crippen LogP contribution < -0.4 is 10.2 Å². The lowest BCUT2D eigenvalue weighted by Crippen LogP contribution is -2.36. The fourth-order valence-electron chi connectivity index (χ4n) is 2.89. The number of anilines is 1. The molecule has 106 valence electrons. The molecule has 1 N–H and O–H groups in total. The highest BCUT2D eigenvalue weighted by Crippen LogP contribution is 2.18. The summed E-state index contributed by atoms with van der Waals surface area (Å²) in [5.41, 5.74) is 1.36. The molecule has 0 unspecified atom stereocenters. The van der Waals surface area contributed by atoms with Gasteiger partial charge in [-0.15, -0.1) is 0 Å². The van der Waals surface area contributed by atoms with Crippen LogP contribution in [0.4, 0.5) is 5.69 Å². The molecule has 0 atom stereocenters. The molecule has 0 heterocycles. The van der Waals surface area contributed by atoms with Crippen LogP contribution in [-0.2, 0) is 0 Å². The predicted molar refractivity (Wildman–Crippen MR) is 83.8 cm³/mol. The fraction of sp³-hybridized carbons (Fsp3) is 0.647. The number of hydrogen-bond donors (Lipinski definition) is 1. The van der Waals surface area contributed by atoms with Crippen LogP contribution in [-0.4, -0.2) is 25.7 Å². The van der Waals surface area contributed by atoms with Crippen molar-refractivity contribution >= 4 is 5.69 Å². The molecule has 1 saturated carbocycles. The van der Waals surface area contributed by atoms with Crippen molar-refractivity contribution in [2.45, 2.75) is 51.5 Å². The van der Waals surface area contributed by atoms with Crippen molar-refractivity contribution < 1.29 is 0 Å². The Labute approximate surface area is 118 Å². The van der Waals surface area contributed by atoms with Gasteiger partial charge in [-0.3, -0.25) is 0 Å². The quantitative estimate of drug-likeness (QED) is 0.764. The topological polar surface area (TPSA) is 15.3 Å². The zero-order valence-corrected chi connectivity index (χ0v) is 12.3. The maximum absolute atomic E-state index is 3.72. The molecule has 1 aliphatic rings. The van der Waals surface area contributed by atoms with Gasteiger partial charge in [0.15, 0.2) is 0 Å². The van der Waals surface area contributed by atoms with Gasteiger partial charge in [-0.1, -0.05) is 44.4 Å². The highest BCUT2D eigenvalue weighted by atomic mass is 15.1. The number of para-hydroxylation sites is 1. The number of nitrogens with zero attached hydrogens (tertiary/aromatic N) is 1. The van der Waals surface area contributed by atoms with Gasteiger partial charge in [0.2, 0.25) is 0 Å². The van der Waals surface area contributed by atoms with Crippen molar-refractivity contribution in [3.05, 3.63) is 30.3 Å². The summed E-state index contributed by atoms with van der Waals surface area (Å²) in [6, 6.07) is 11.6. The smallest absolute Gasteiger partial charge is 0.0366 e. The summed E-state index contributed by atoms with van der Waals surface area (Å²) in [7, 11) is 0. The second kappa shape index (κ2) is 8.21. The summed E-state index contributed by atoms with van der Waals surface area (Å²) < 4.78 is 0. The van der Waals surface area contributed by atoms with E-state index in [1.54, 1.807) is 0 Å². The molecule has 0 radical (unpaired) electrons. The Morgan fingerprint density at radius 1 is 1.11 bits per heavy atom. The fourth-order valence-corrected chi connectivity index (χ4v) is 2.89. The van der Waals surface area contributed by atoms with Gasteiger partial charge in [0, 0.05) is 31.4 Å². The number of hydrogen-bond acceptors (Lipinski definition) is 2. The van der Waals surface area contributed by atoms with Gasteiger partial charge in [0.1, 0.15) is 0 Å². The second-order valence-electron chi connectivity index (χ2n) is 5.61. The van der Waals surface area contributed by atoms with Crippen LogP contribution in [0.25, 0.3) is 0 Å². The lowest BCUT2D eigenvalue weighted by Gasteiger charge is -2.25. The summed E-state index contributed by atoms with van der Waals surface area (Å²) in [6.45, 7) is 5.68. The van der Waals surface area contributed by atoms with Crippen LogP contribution in [0.3, 0.4) is 0 Å². The first kappa shape index (κ1) is 14.4. The standard InChI is InChI=1S/C17H28N2/c1-2-3-14-19(17-11-5-4-6-12-17)15-13-18-16-9-7-8-10-16/h4-6,11-12,16,18H,2-3,7-10,13-15H2,1H3. The Hall–Kier alpha value is -1.02. The normalized spacial score (nSPS) is 15.8. The van der Waals surface area contributed by atoms with E-state index in [9.17, 15) is 0 Å². The van der Waals surface area contributed by atoms with Crippen LogP contribution in [0.15, 0.2) is 30.3 Å². The van der Waals surface area contributed by atoms with Gasteiger partial charge in [-0.05, 0) is 31.4 Å². The molecule has 2 rings (SSSR count). The Morgan fingerprint density at radius 2 is 1.84 bits per heavy atom. The Kier molecular flexibility index (Phi) is 6.22. The summed E-state index contributed by atoms with van der Waals surface area (Å²) in [5, 5.41) is 3.72. The molecule has 0 amide bonds. The molecule has 0 aromatic heterocycles. The SMILES string of the molecule is CCCCN(CCNC1CCCC1)c1ccccc1. The molecule has 1 aliphatic carbocycles. The maximum atomic E-state index is 3.72. The van der Waals surface area contributed by atoms with Crippen LogP contribution >= 0.6 is 0 Å². The van der Waals surface area contributed by atoms with Crippen molar-refractivity contribution in [2.24, 2.45) is 0 Å². The highest BCUT2D eigenvalue weighted by Gasteiger charge is 2.14. The van der Waals surface area contributed by atoms with Gasteiger partial charge in [-0.2, -0.15) is 0 Å². The third-order valence-electron chi connectivity index (χ3n) is 4.07. The molecule has 2 heteroatoms. The van der Waals surface area contributed by atoms with E-state index in [1.807, 2.05) is 0 Å². The van der Waals surface area contributed by atoms with Crippen LogP contribution in [0.5, 0.6) is 0 Å². The van der Waals surface area contributed by atoms with Gasteiger partial charge in [-0.25, -0.2) is 0 Å². The van der Waals surface area contributed by atoms with E-state index in [4.69, 9.17) is 0 Å². The summed E-state index contributed by atoms with van der Waals surface area (Å²) in [5.74, 6) is 0. The van der Waals surface area contributed by atoms with E-state index in [-0.39, 0.29) is 0 Å². The van der Waals surface area contributed by atoms with Gasteiger partial charge in [0.25, 0.3) is 0 Å². The number of rotatable bonds is 8. The average molecular weight is 260 g/mol. The third kappa shape index (κ3) is 4.87. The molecule has 1 fully saturated rings. The molecule has 1 aromatic rings. The molecular weight excluding hydrogens is 232 g/mol. The number of unbranched alkanes of at least 4 members (excludes halogenated alkanes) is 1. The van der Waals surface area contributed by atoms with E-state index < -0.39 is 0 Å². The minimum atomic E-state index is 0.781. The first-order valence-electron chi connectivity index (χ1n) is 7.93. The Bertz CT molecular complexity index is 330. The Morgan fingerprint density at radius 3 is 2.53 bits per heavy atom. The highest BCUT2D eigenvalue weighted by molar-refractivity contribution is 5.45. The van der Waals surface area contributed by atoms with E-state index >= 15 is 0 Å². The minimum Gasteiger partial charge on any atom is -0.370 e. The first-order valence-corrected chi connectivity index (χ1v) is 7.93. The van der Waals surface area contributed by atoms with Crippen LogP contribution in [0, 0.1) is 0 Å². The zero-order chi connectivity index (χ0) is 13.3. The Balaban J connectivity index is 1.79. The van der Waals surface area contributed by atoms with E-state index in [0.717, 1.165) is 19.1 Å². The average Bonchev–Trinajstić information content (AvgIpc) is 2.97. The monoisotopic (exact) mass is 260 g/mol. The second-order valence-corrected chi connectivity index (χ2v) is 5.61.